The molecule has 0 bridgehead atoms. The number of nitrogens with one attached hydrogen (secondary N) is 3. The van der Waals surface area contributed by atoms with Gasteiger partial charge in [0.05, 0.1) is 0 Å². The summed E-state index contributed by atoms with van der Waals surface area (Å²) in [6, 6.07) is -1.50. The van der Waals surface area contributed by atoms with Crippen molar-refractivity contribution in [2.45, 2.75) is 116 Å². The van der Waals surface area contributed by atoms with Crippen LogP contribution in [0.5, 0.6) is 0 Å². The number of carbonyl (C=O) groups excluding carboxylic acids is 1. The normalized spacial score (nSPS) is 36.2. The van der Waals surface area contributed by atoms with Gasteiger partial charge < -0.3 is 19.8 Å². The standard InChI is InChI=1S/C30H47F4N5O/c1-3-38-11-12-39(29(38)35)17-19-14-22(24-5-4-10-36-27(24)30(32,33)34)16-23(15-19)28(40)37-26(20-6-7-20)21-8-9-25(31)18(2)13-21/h11-12,18-27,35-36H,3-10,13-17H2,1-2H3,(H,37,40)/t18?,19?,21?,22?,23?,24?,25?,26-,27?/m0/s1. The van der Waals surface area contributed by atoms with Crippen LogP contribution in [0.15, 0.2) is 12.4 Å². The minimum Gasteiger partial charge on any atom is -0.353 e. The maximum absolute atomic E-state index is 14.2. The minimum absolute atomic E-state index is 0.00929. The number of hydrogen-bond acceptors (Lipinski definition) is 3. The smallest absolute Gasteiger partial charge is 0.353 e. The Kier molecular flexibility index (Phi) is 9.03. The van der Waals surface area contributed by atoms with E-state index in [2.05, 4.69) is 10.6 Å². The quantitative estimate of drug-likeness (QED) is 0.366. The van der Waals surface area contributed by atoms with Crippen LogP contribution in [-0.2, 0) is 17.9 Å². The molecule has 3 aliphatic carbocycles. The SMILES string of the molecule is CCn1ccn(CC2CC(C(=O)N[C@@H](C3CC3)C3CCC(F)C(C)C3)CC(C3CCCNC3C(F)(F)F)C2)c1=N. The van der Waals surface area contributed by atoms with Crippen LogP contribution in [0.4, 0.5) is 17.6 Å². The summed E-state index contributed by atoms with van der Waals surface area (Å²) in [5, 5.41) is 14.6. The summed E-state index contributed by atoms with van der Waals surface area (Å²) < 4.78 is 60.1. The molecule has 6 nitrogen and oxygen atoms in total. The number of alkyl halides is 4. The van der Waals surface area contributed by atoms with E-state index in [-0.39, 0.29) is 41.5 Å². The second-order valence-corrected chi connectivity index (χ2v) is 13.3. The van der Waals surface area contributed by atoms with Gasteiger partial charge in [-0.05, 0) is 113 Å². The number of piperidine rings is 1. The maximum Gasteiger partial charge on any atom is 0.404 e. The molecule has 4 fully saturated rings. The van der Waals surface area contributed by atoms with Crippen LogP contribution in [0, 0.1) is 46.8 Å². The van der Waals surface area contributed by atoms with E-state index < -0.39 is 24.3 Å². The number of halogens is 4. The van der Waals surface area contributed by atoms with Gasteiger partial charge in [0, 0.05) is 37.4 Å². The zero-order valence-corrected chi connectivity index (χ0v) is 23.9. The lowest BCUT2D eigenvalue weighted by molar-refractivity contribution is -0.179. The third kappa shape index (κ3) is 6.62. The Balaban J connectivity index is 1.35. The minimum atomic E-state index is -4.32. The van der Waals surface area contributed by atoms with E-state index in [1.807, 2.05) is 35.4 Å². The second-order valence-electron chi connectivity index (χ2n) is 13.3. The Bertz CT molecular complexity index is 1070. The maximum atomic E-state index is 14.2. The summed E-state index contributed by atoms with van der Waals surface area (Å²) in [4.78, 5) is 13.9. The molecule has 4 aliphatic rings. The van der Waals surface area contributed by atoms with E-state index in [9.17, 15) is 22.4 Å². The van der Waals surface area contributed by atoms with Crippen LogP contribution in [0.1, 0.15) is 78.1 Å². The molecule has 2 heterocycles. The van der Waals surface area contributed by atoms with E-state index in [4.69, 9.17) is 5.41 Å². The average Bonchev–Trinajstić information content (AvgIpc) is 3.71. The summed E-state index contributed by atoms with van der Waals surface area (Å²) in [6.45, 7) is 5.51. The van der Waals surface area contributed by atoms with Gasteiger partial charge >= 0.3 is 6.18 Å². The van der Waals surface area contributed by atoms with Gasteiger partial charge in [0.15, 0.2) is 0 Å². The Morgan fingerprint density at radius 2 is 1.80 bits per heavy atom. The number of aromatic nitrogens is 2. The number of aryl methyl sites for hydroxylation is 1. The number of hydrogen-bond donors (Lipinski definition) is 3. The topological polar surface area (TPSA) is 74.8 Å². The van der Waals surface area contributed by atoms with E-state index in [0.29, 0.717) is 69.7 Å². The highest BCUT2D eigenvalue weighted by atomic mass is 19.4. The highest BCUT2D eigenvalue weighted by Gasteiger charge is 2.50. The van der Waals surface area contributed by atoms with Gasteiger partial charge in [0.1, 0.15) is 12.2 Å². The van der Waals surface area contributed by atoms with Crippen LogP contribution in [0.3, 0.4) is 0 Å². The lowest BCUT2D eigenvalue weighted by atomic mass is 9.66. The molecule has 1 saturated heterocycles. The monoisotopic (exact) mass is 569 g/mol. The molecule has 1 aliphatic heterocycles. The predicted octanol–water partition coefficient (Wildman–Crippen LogP) is 5.42. The van der Waals surface area contributed by atoms with Gasteiger partial charge in [0.25, 0.3) is 0 Å². The number of rotatable bonds is 8. The molecule has 226 valence electrons. The fourth-order valence-corrected chi connectivity index (χ4v) is 8.21. The van der Waals surface area contributed by atoms with Crippen molar-refractivity contribution in [1.82, 2.24) is 19.8 Å². The van der Waals surface area contributed by atoms with Gasteiger partial charge in [-0.1, -0.05) is 6.92 Å². The number of carbonyl (C=O) groups is 1. The molecule has 1 amide bonds. The first kappa shape index (κ1) is 29.6. The number of imidazole rings is 1. The van der Waals surface area contributed by atoms with Crippen molar-refractivity contribution in [3.8, 4) is 0 Å². The first-order valence-corrected chi connectivity index (χ1v) is 15.6. The molecule has 0 radical (unpaired) electrons. The Hall–Kier alpha value is -1.84. The number of amides is 1. The highest BCUT2D eigenvalue weighted by Crippen LogP contribution is 2.46. The largest absolute Gasteiger partial charge is 0.404 e. The number of nitrogens with zero attached hydrogens (tertiary/aromatic N) is 2. The van der Waals surface area contributed by atoms with Crippen molar-refractivity contribution < 1.29 is 22.4 Å². The van der Waals surface area contributed by atoms with Crippen LogP contribution in [0.2, 0.25) is 0 Å². The van der Waals surface area contributed by atoms with Crippen LogP contribution in [0.25, 0.3) is 0 Å². The third-order valence-electron chi connectivity index (χ3n) is 10.5. The highest BCUT2D eigenvalue weighted by molar-refractivity contribution is 5.79. The van der Waals surface area contributed by atoms with E-state index >= 15 is 0 Å². The summed E-state index contributed by atoms with van der Waals surface area (Å²) in [6.07, 6.45) is 5.83. The molecule has 3 saturated carbocycles. The van der Waals surface area contributed by atoms with Crippen molar-refractivity contribution >= 4 is 5.91 Å². The van der Waals surface area contributed by atoms with Crippen molar-refractivity contribution in [2.24, 2.45) is 41.4 Å². The lowest BCUT2D eigenvalue weighted by Crippen LogP contribution is -2.54. The molecule has 5 rings (SSSR count). The fourth-order valence-electron chi connectivity index (χ4n) is 8.21. The molecule has 1 aromatic heterocycles. The second kappa shape index (κ2) is 12.2. The summed E-state index contributed by atoms with van der Waals surface area (Å²) in [5.74, 6) is -0.430. The fraction of sp³-hybridized carbons (Fsp3) is 0.867. The van der Waals surface area contributed by atoms with Gasteiger partial charge in [-0.2, -0.15) is 13.2 Å². The molecule has 8 unspecified atom stereocenters. The zero-order chi connectivity index (χ0) is 28.6. The van der Waals surface area contributed by atoms with Gasteiger partial charge in [-0.25, -0.2) is 4.39 Å². The molecular weight excluding hydrogens is 522 g/mol. The Labute approximate surface area is 235 Å². The molecular formula is C30H47F4N5O. The first-order valence-electron chi connectivity index (χ1n) is 15.6. The van der Waals surface area contributed by atoms with Crippen molar-refractivity contribution in [3.05, 3.63) is 18.0 Å². The lowest BCUT2D eigenvalue weighted by Gasteiger charge is -2.44. The third-order valence-corrected chi connectivity index (χ3v) is 10.5. The summed E-state index contributed by atoms with van der Waals surface area (Å²) >= 11 is 0. The van der Waals surface area contributed by atoms with E-state index in [1.165, 1.54) is 0 Å². The van der Waals surface area contributed by atoms with Crippen LogP contribution >= 0.6 is 0 Å². The van der Waals surface area contributed by atoms with Gasteiger partial charge in [-0.3, -0.25) is 10.2 Å². The van der Waals surface area contributed by atoms with Crippen molar-refractivity contribution in [2.75, 3.05) is 6.54 Å². The molecule has 40 heavy (non-hydrogen) atoms. The predicted molar refractivity (Wildman–Crippen MR) is 145 cm³/mol. The summed E-state index contributed by atoms with van der Waals surface area (Å²) in [5.41, 5.74) is 0.379. The average molecular weight is 570 g/mol. The van der Waals surface area contributed by atoms with E-state index in [1.54, 1.807) is 0 Å². The van der Waals surface area contributed by atoms with Crippen LogP contribution < -0.4 is 16.3 Å². The van der Waals surface area contributed by atoms with Crippen molar-refractivity contribution in [3.63, 3.8) is 0 Å². The Morgan fingerprint density at radius 3 is 2.45 bits per heavy atom. The zero-order valence-electron chi connectivity index (χ0n) is 23.9. The molecule has 0 aromatic carbocycles. The van der Waals surface area contributed by atoms with Gasteiger partial charge in [-0.15, -0.1) is 0 Å². The van der Waals surface area contributed by atoms with Gasteiger partial charge in [0.2, 0.25) is 11.5 Å². The summed E-state index contributed by atoms with van der Waals surface area (Å²) in [7, 11) is 0. The molecule has 3 N–H and O–H groups in total. The van der Waals surface area contributed by atoms with E-state index in [0.717, 1.165) is 25.7 Å². The molecule has 10 heteroatoms. The van der Waals surface area contributed by atoms with Crippen LogP contribution in [-0.4, -0.2) is 46.0 Å². The molecule has 1 aromatic rings. The first-order chi connectivity index (χ1) is 19.0. The molecule has 9 atom stereocenters. The molecule has 0 spiro atoms. The van der Waals surface area contributed by atoms with Crippen molar-refractivity contribution in [1.29, 1.82) is 5.41 Å². The Morgan fingerprint density at radius 1 is 1.07 bits per heavy atom.